The standard InChI is InChI=1S/C11H21NO2/c1-11(8-14-9-11)7-12-4-5-13-6-10-2-3-10/h10,12H,2-9H2,1H3. The minimum absolute atomic E-state index is 0.385. The molecule has 14 heavy (non-hydrogen) atoms. The highest BCUT2D eigenvalue weighted by Gasteiger charge is 2.32. The summed E-state index contributed by atoms with van der Waals surface area (Å²) in [6.45, 7) is 7.93. The van der Waals surface area contributed by atoms with Crippen LogP contribution in [0.1, 0.15) is 19.8 Å². The lowest BCUT2D eigenvalue weighted by Gasteiger charge is -2.38. The molecule has 0 aromatic rings. The molecule has 0 bridgehead atoms. The van der Waals surface area contributed by atoms with Crippen molar-refractivity contribution in [2.75, 3.05) is 39.5 Å². The van der Waals surface area contributed by atoms with E-state index in [1.54, 1.807) is 0 Å². The summed E-state index contributed by atoms with van der Waals surface area (Å²) in [6.07, 6.45) is 2.76. The summed E-state index contributed by atoms with van der Waals surface area (Å²) in [5, 5.41) is 3.42. The summed E-state index contributed by atoms with van der Waals surface area (Å²) < 4.78 is 10.7. The quantitative estimate of drug-likeness (QED) is 0.621. The number of hydrogen-bond donors (Lipinski definition) is 1. The molecule has 1 aliphatic carbocycles. The van der Waals surface area contributed by atoms with E-state index in [-0.39, 0.29) is 0 Å². The van der Waals surface area contributed by atoms with Crippen LogP contribution in [0.2, 0.25) is 0 Å². The van der Waals surface area contributed by atoms with Crippen molar-refractivity contribution < 1.29 is 9.47 Å². The van der Waals surface area contributed by atoms with Crippen LogP contribution in [0.15, 0.2) is 0 Å². The maximum atomic E-state index is 5.53. The molecule has 1 N–H and O–H groups in total. The number of nitrogens with one attached hydrogen (secondary N) is 1. The largest absolute Gasteiger partial charge is 0.380 e. The van der Waals surface area contributed by atoms with E-state index in [9.17, 15) is 0 Å². The minimum atomic E-state index is 0.385. The van der Waals surface area contributed by atoms with Crippen molar-refractivity contribution >= 4 is 0 Å². The van der Waals surface area contributed by atoms with Gasteiger partial charge in [0.05, 0.1) is 19.8 Å². The van der Waals surface area contributed by atoms with Gasteiger partial charge in [0, 0.05) is 25.1 Å². The lowest BCUT2D eigenvalue weighted by atomic mass is 9.89. The molecule has 3 heteroatoms. The summed E-state index contributed by atoms with van der Waals surface area (Å²) in [4.78, 5) is 0. The molecule has 0 radical (unpaired) electrons. The third-order valence-electron chi connectivity index (χ3n) is 2.93. The molecule has 2 aliphatic rings. The Morgan fingerprint density at radius 3 is 2.79 bits per heavy atom. The van der Waals surface area contributed by atoms with Crippen LogP contribution in [-0.4, -0.2) is 39.5 Å². The van der Waals surface area contributed by atoms with Crippen LogP contribution < -0.4 is 5.32 Å². The van der Waals surface area contributed by atoms with E-state index in [1.807, 2.05) is 0 Å². The highest BCUT2D eigenvalue weighted by molar-refractivity contribution is 4.82. The fraction of sp³-hybridized carbons (Fsp3) is 1.00. The summed E-state index contributed by atoms with van der Waals surface area (Å²) in [6, 6.07) is 0. The smallest absolute Gasteiger partial charge is 0.0591 e. The Hall–Kier alpha value is -0.120. The van der Waals surface area contributed by atoms with Crippen molar-refractivity contribution in [3.05, 3.63) is 0 Å². The molecule has 2 rings (SSSR count). The van der Waals surface area contributed by atoms with Crippen molar-refractivity contribution in [2.24, 2.45) is 11.3 Å². The lowest BCUT2D eigenvalue weighted by Crippen LogP contribution is -2.47. The monoisotopic (exact) mass is 199 g/mol. The molecular formula is C11H21NO2. The van der Waals surface area contributed by atoms with Gasteiger partial charge < -0.3 is 14.8 Å². The first-order valence-electron chi connectivity index (χ1n) is 5.65. The Morgan fingerprint density at radius 1 is 1.43 bits per heavy atom. The van der Waals surface area contributed by atoms with Crippen LogP contribution in [0.3, 0.4) is 0 Å². The van der Waals surface area contributed by atoms with Gasteiger partial charge in [0.15, 0.2) is 0 Å². The predicted octanol–water partition coefficient (Wildman–Crippen LogP) is 1.04. The highest BCUT2D eigenvalue weighted by atomic mass is 16.5. The predicted molar refractivity (Wildman–Crippen MR) is 55.3 cm³/mol. The molecule has 0 spiro atoms. The molecular weight excluding hydrogens is 178 g/mol. The fourth-order valence-corrected chi connectivity index (χ4v) is 1.62. The Balaban J connectivity index is 1.39. The van der Waals surface area contributed by atoms with Crippen molar-refractivity contribution in [2.45, 2.75) is 19.8 Å². The maximum absolute atomic E-state index is 5.53. The van der Waals surface area contributed by atoms with Crippen LogP contribution in [0.4, 0.5) is 0 Å². The van der Waals surface area contributed by atoms with Crippen molar-refractivity contribution in [1.82, 2.24) is 5.32 Å². The first kappa shape index (κ1) is 10.4. The van der Waals surface area contributed by atoms with E-state index >= 15 is 0 Å². The molecule has 0 atom stereocenters. The summed E-state index contributed by atoms with van der Waals surface area (Å²) >= 11 is 0. The molecule has 0 unspecified atom stereocenters. The molecule has 1 heterocycles. The highest BCUT2D eigenvalue weighted by Crippen LogP contribution is 2.28. The van der Waals surface area contributed by atoms with Gasteiger partial charge in [-0.1, -0.05) is 6.92 Å². The van der Waals surface area contributed by atoms with Crippen LogP contribution in [-0.2, 0) is 9.47 Å². The number of ether oxygens (including phenoxy) is 2. The SMILES string of the molecule is CC1(CNCCOCC2CC2)COC1. The Bertz CT molecular complexity index is 176. The minimum Gasteiger partial charge on any atom is -0.380 e. The molecule has 1 saturated heterocycles. The van der Waals surface area contributed by atoms with Gasteiger partial charge in [0.1, 0.15) is 0 Å². The zero-order valence-corrected chi connectivity index (χ0v) is 9.05. The van der Waals surface area contributed by atoms with Crippen molar-refractivity contribution in [1.29, 1.82) is 0 Å². The molecule has 0 amide bonds. The topological polar surface area (TPSA) is 30.5 Å². The normalized spacial score (nSPS) is 24.6. The van der Waals surface area contributed by atoms with Crippen molar-refractivity contribution in [3.63, 3.8) is 0 Å². The van der Waals surface area contributed by atoms with E-state index in [1.165, 1.54) is 12.8 Å². The second-order valence-corrected chi connectivity index (χ2v) is 5.00. The zero-order chi connectivity index (χ0) is 9.86. The fourth-order valence-electron chi connectivity index (χ4n) is 1.62. The summed E-state index contributed by atoms with van der Waals surface area (Å²) in [5.74, 6) is 0.882. The molecule has 82 valence electrons. The molecule has 3 nitrogen and oxygen atoms in total. The first-order chi connectivity index (χ1) is 6.79. The van der Waals surface area contributed by atoms with Crippen LogP contribution in [0.5, 0.6) is 0 Å². The van der Waals surface area contributed by atoms with E-state index in [2.05, 4.69) is 12.2 Å². The summed E-state index contributed by atoms with van der Waals surface area (Å²) in [5.41, 5.74) is 0.385. The number of rotatable bonds is 7. The van der Waals surface area contributed by atoms with Gasteiger partial charge in [-0.25, -0.2) is 0 Å². The maximum Gasteiger partial charge on any atom is 0.0591 e. The van der Waals surface area contributed by atoms with E-state index in [0.29, 0.717) is 5.41 Å². The van der Waals surface area contributed by atoms with Crippen LogP contribution in [0.25, 0.3) is 0 Å². The third-order valence-corrected chi connectivity index (χ3v) is 2.93. The molecule has 0 aromatic carbocycles. The van der Waals surface area contributed by atoms with Crippen molar-refractivity contribution in [3.8, 4) is 0 Å². The Labute approximate surface area is 86.2 Å². The van der Waals surface area contributed by atoms with Gasteiger partial charge in [-0.15, -0.1) is 0 Å². The third kappa shape index (κ3) is 3.23. The van der Waals surface area contributed by atoms with Gasteiger partial charge in [0.25, 0.3) is 0 Å². The Kier molecular flexibility index (Phi) is 3.42. The van der Waals surface area contributed by atoms with Crippen LogP contribution >= 0.6 is 0 Å². The average Bonchev–Trinajstić information content (AvgIpc) is 2.91. The average molecular weight is 199 g/mol. The van der Waals surface area contributed by atoms with Crippen LogP contribution in [0, 0.1) is 11.3 Å². The van der Waals surface area contributed by atoms with E-state index in [0.717, 1.165) is 45.4 Å². The number of hydrogen-bond acceptors (Lipinski definition) is 3. The van der Waals surface area contributed by atoms with Gasteiger partial charge in [-0.3, -0.25) is 0 Å². The second kappa shape index (κ2) is 4.60. The van der Waals surface area contributed by atoms with Gasteiger partial charge in [0.2, 0.25) is 0 Å². The Morgan fingerprint density at radius 2 is 2.21 bits per heavy atom. The zero-order valence-electron chi connectivity index (χ0n) is 9.05. The molecule has 1 saturated carbocycles. The van der Waals surface area contributed by atoms with Gasteiger partial charge in [-0.05, 0) is 18.8 Å². The van der Waals surface area contributed by atoms with Gasteiger partial charge >= 0.3 is 0 Å². The molecule has 1 aliphatic heterocycles. The van der Waals surface area contributed by atoms with E-state index < -0.39 is 0 Å². The summed E-state index contributed by atoms with van der Waals surface area (Å²) in [7, 11) is 0. The van der Waals surface area contributed by atoms with E-state index in [4.69, 9.17) is 9.47 Å². The molecule has 0 aromatic heterocycles. The van der Waals surface area contributed by atoms with Gasteiger partial charge in [-0.2, -0.15) is 0 Å². The lowest BCUT2D eigenvalue weighted by molar-refractivity contribution is -0.0993. The second-order valence-electron chi connectivity index (χ2n) is 5.00. The first-order valence-corrected chi connectivity index (χ1v) is 5.65. The molecule has 2 fully saturated rings.